The van der Waals surface area contributed by atoms with Crippen molar-refractivity contribution < 1.29 is 9.53 Å². The van der Waals surface area contributed by atoms with Crippen LogP contribution >= 0.6 is 0 Å². The summed E-state index contributed by atoms with van der Waals surface area (Å²) in [6.45, 7) is 8.57. The van der Waals surface area contributed by atoms with Crippen molar-refractivity contribution in [2.75, 3.05) is 26.8 Å². The lowest BCUT2D eigenvalue weighted by atomic mass is 10.0. The molecule has 0 aromatic carbocycles. The molecule has 1 rings (SSSR count). The van der Waals surface area contributed by atoms with Gasteiger partial charge in [-0.2, -0.15) is 0 Å². The molecule has 1 fully saturated rings. The molecule has 1 aliphatic rings. The van der Waals surface area contributed by atoms with Crippen LogP contribution in [-0.2, 0) is 9.53 Å². The second kappa shape index (κ2) is 6.97. The van der Waals surface area contributed by atoms with Crippen LogP contribution in [0.15, 0.2) is 0 Å². The number of amides is 1. The molecule has 100 valence electrons. The van der Waals surface area contributed by atoms with Gasteiger partial charge in [0, 0.05) is 38.2 Å². The van der Waals surface area contributed by atoms with Crippen LogP contribution in [0.5, 0.6) is 0 Å². The van der Waals surface area contributed by atoms with Crippen molar-refractivity contribution in [2.45, 2.75) is 45.7 Å². The minimum atomic E-state index is 0.118. The first-order chi connectivity index (χ1) is 8.04. The molecule has 1 amide bonds. The Morgan fingerprint density at radius 2 is 1.94 bits per heavy atom. The fourth-order valence-corrected chi connectivity index (χ4v) is 2.33. The Kier molecular flexibility index (Phi) is 5.92. The van der Waals surface area contributed by atoms with E-state index in [1.165, 1.54) is 0 Å². The fraction of sp³-hybridized carbons (Fsp3) is 0.923. The molecule has 17 heavy (non-hydrogen) atoms. The normalized spacial score (nSPS) is 19.7. The predicted molar refractivity (Wildman–Crippen MR) is 68.9 cm³/mol. The molecule has 4 nitrogen and oxygen atoms in total. The third-order valence-corrected chi connectivity index (χ3v) is 3.24. The highest BCUT2D eigenvalue weighted by atomic mass is 16.5. The maximum Gasteiger partial charge on any atom is 0.225 e. The Morgan fingerprint density at radius 1 is 1.35 bits per heavy atom. The summed E-state index contributed by atoms with van der Waals surface area (Å²) < 4.78 is 5.11. The van der Waals surface area contributed by atoms with Crippen molar-refractivity contribution in [1.82, 2.24) is 10.2 Å². The van der Waals surface area contributed by atoms with Crippen LogP contribution < -0.4 is 5.32 Å². The summed E-state index contributed by atoms with van der Waals surface area (Å²) in [4.78, 5) is 13.8. The van der Waals surface area contributed by atoms with Crippen LogP contribution in [0.4, 0.5) is 0 Å². The van der Waals surface area contributed by atoms with Crippen molar-refractivity contribution >= 4 is 5.91 Å². The number of likely N-dealkylation sites (tertiary alicyclic amines) is 1. The first-order valence-electron chi connectivity index (χ1n) is 6.58. The topological polar surface area (TPSA) is 41.6 Å². The molecule has 1 aliphatic heterocycles. The summed E-state index contributed by atoms with van der Waals surface area (Å²) in [5.41, 5.74) is 0. The van der Waals surface area contributed by atoms with Gasteiger partial charge in [-0.25, -0.2) is 0 Å². The van der Waals surface area contributed by atoms with Crippen molar-refractivity contribution in [1.29, 1.82) is 0 Å². The van der Waals surface area contributed by atoms with Gasteiger partial charge >= 0.3 is 0 Å². The standard InChI is InChI=1S/C13H26N2O2/c1-10(2)13(16)15-7-5-12(6-8-15)14-11(3)9-17-4/h10-12,14H,5-9H2,1-4H3. The molecule has 0 aromatic rings. The molecule has 0 aromatic heterocycles. The van der Waals surface area contributed by atoms with E-state index in [9.17, 15) is 4.79 Å². The van der Waals surface area contributed by atoms with E-state index >= 15 is 0 Å². The molecule has 0 spiro atoms. The van der Waals surface area contributed by atoms with E-state index in [2.05, 4.69) is 12.2 Å². The summed E-state index contributed by atoms with van der Waals surface area (Å²) in [7, 11) is 1.72. The highest BCUT2D eigenvalue weighted by Crippen LogP contribution is 2.13. The summed E-state index contributed by atoms with van der Waals surface area (Å²) in [5.74, 6) is 0.403. The van der Waals surface area contributed by atoms with Gasteiger partial charge in [-0.3, -0.25) is 4.79 Å². The first-order valence-corrected chi connectivity index (χ1v) is 6.58. The second-order valence-electron chi connectivity index (χ2n) is 5.28. The zero-order chi connectivity index (χ0) is 12.8. The summed E-state index contributed by atoms with van der Waals surface area (Å²) in [5, 5.41) is 3.55. The molecule has 1 N–H and O–H groups in total. The van der Waals surface area contributed by atoms with Gasteiger partial charge in [-0.05, 0) is 19.8 Å². The maximum atomic E-state index is 11.8. The average molecular weight is 242 g/mol. The van der Waals surface area contributed by atoms with E-state index < -0.39 is 0 Å². The van der Waals surface area contributed by atoms with Gasteiger partial charge in [0.1, 0.15) is 0 Å². The number of methoxy groups -OCH3 is 1. The molecule has 4 heteroatoms. The van der Waals surface area contributed by atoms with Gasteiger partial charge in [-0.1, -0.05) is 13.8 Å². The Balaban J connectivity index is 2.28. The zero-order valence-corrected chi connectivity index (χ0v) is 11.5. The number of nitrogens with zero attached hydrogens (tertiary/aromatic N) is 1. The number of piperidine rings is 1. The minimum absolute atomic E-state index is 0.118. The maximum absolute atomic E-state index is 11.8. The van der Waals surface area contributed by atoms with E-state index in [1.807, 2.05) is 18.7 Å². The van der Waals surface area contributed by atoms with E-state index in [1.54, 1.807) is 7.11 Å². The van der Waals surface area contributed by atoms with Crippen LogP contribution in [0, 0.1) is 5.92 Å². The highest BCUT2D eigenvalue weighted by Gasteiger charge is 2.24. The molecular formula is C13H26N2O2. The first kappa shape index (κ1) is 14.5. The van der Waals surface area contributed by atoms with Crippen molar-refractivity contribution in [2.24, 2.45) is 5.92 Å². The molecule has 0 aliphatic carbocycles. The smallest absolute Gasteiger partial charge is 0.225 e. The van der Waals surface area contributed by atoms with Gasteiger partial charge in [0.05, 0.1) is 6.61 Å². The lowest BCUT2D eigenvalue weighted by Crippen LogP contribution is -2.48. The van der Waals surface area contributed by atoms with Gasteiger partial charge in [-0.15, -0.1) is 0 Å². The third-order valence-electron chi connectivity index (χ3n) is 3.24. The van der Waals surface area contributed by atoms with Gasteiger partial charge < -0.3 is 15.0 Å². The predicted octanol–water partition coefficient (Wildman–Crippen LogP) is 1.26. The average Bonchev–Trinajstić information content (AvgIpc) is 2.29. The van der Waals surface area contributed by atoms with E-state index in [-0.39, 0.29) is 11.8 Å². The third kappa shape index (κ3) is 4.64. The van der Waals surface area contributed by atoms with Crippen LogP contribution in [0.1, 0.15) is 33.6 Å². The van der Waals surface area contributed by atoms with Crippen molar-refractivity contribution in [3.05, 3.63) is 0 Å². The van der Waals surface area contributed by atoms with Gasteiger partial charge in [0.2, 0.25) is 5.91 Å². The van der Waals surface area contributed by atoms with Gasteiger partial charge in [0.15, 0.2) is 0 Å². The molecule has 0 saturated carbocycles. The number of rotatable bonds is 5. The lowest BCUT2D eigenvalue weighted by molar-refractivity contribution is -0.135. The molecule has 0 radical (unpaired) electrons. The summed E-state index contributed by atoms with van der Waals surface area (Å²) in [6, 6.07) is 0.911. The van der Waals surface area contributed by atoms with Crippen LogP contribution in [0.3, 0.4) is 0 Å². The number of hydrogen-bond donors (Lipinski definition) is 1. The molecule has 1 unspecified atom stereocenters. The van der Waals surface area contributed by atoms with Crippen LogP contribution in [0.2, 0.25) is 0 Å². The SMILES string of the molecule is COCC(C)NC1CCN(C(=O)C(C)C)CC1. The Hall–Kier alpha value is -0.610. The Morgan fingerprint density at radius 3 is 2.41 bits per heavy atom. The number of nitrogens with one attached hydrogen (secondary N) is 1. The van der Waals surface area contributed by atoms with Crippen molar-refractivity contribution in [3.63, 3.8) is 0 Å². The lowest BCUT2D eigenvalue weighted by Gasteiger charge is -2.34. The van der Waals surface area contributed by atoms with Gasteiger partial charge in [0.25, 0.3) is 0 Å². The van der Waals surface area contributed by atoms with E-state index in [4.69, 9.17) is 4.74 Å². The number of hydrogen-bond acceptors (Lipinski definition) is 3. The number of carbonyl (C=O) groups is 1. The fourth-order valence-electron chi connectivity index (χ4n) is 2.33. The Bertz CT molecular complexity index is 236. The molecule has 1 heterocycles. The largest absolute Gasteiger partial charge is 0.383 e. The highest BCUT2D eigenvalue weighted by molar-refractivity contribution is 5.78. The molecule has 1 atom stereocenters. The van der Waals surface area contributed by atoms with Crippen LogP contribution in [0.25, 0.3) is 0 Å². The molecule has 0 bridgehead atoms. The minimum Gasteiger partial charge on any atom is -0.383 e. The molecule has 1 saturated heterocycles. The quantitative estimate of drug-likeness (QED) is 0.789. The number of carbonyl (C=O) groups excluding carboxylic acids is 1. The van der Waals surface area contributed by atoms with E-state index in [0.29, 0.717) is 12.1 Å². The molecular weight excluding hydrogens is 216 g/mol. The van der Waals surface area contributed by atoms with Crippen molar-refractivity contribution in [3.8, 4) is 0 Å². The summed E-state index contributed by atoms with van der Waals surface area (Å²) in [6.07, 6.45) is 2.10. The zero-order valence-electron chi connectivity index (χ0n) is 11.5. The number of ether oxygens (including phenoxy) is 1. The monoisotopic (exact) mass is 242 g/mol. The summed E-state index contributed by atoms with van der Waals surface area (Å²) >= 11 is 0. The Labute approximate surface area is 105 Å². The van der Waals surface area contributed by atoms with Crippen LogP contribution in [-0.4, -0.2) is 49.7 Å². The van der Waals surface area contributed by atoms with E-state index in [0.717, 1.165) is 32.5 Å². The second-order valence-corrected chi connectivity index (χ2v) is 5.28.